The summed E-state index contributed by atoms with van der Waals surface area (Å²) in [6.07, 6.45) is 5.53. The van der Waals surface area contributed by atoms with E-state index in [9.17, 15) is 24.6 Å². The Bertz CT molecular complexity index is 1600. The SMILES string of the molecule is CC(C)N(C(=O)C1CC1)C1CCC(CC(=O)Nc2cc(-c3ccccc3)c(-c3ccc(C4(NC(=O)O)CC(C)(O)C4)cc3)nn2)CC1. The van der Waals surface area contributed by atoms with Crippen LogP contribution in [0.15, 0.2) is 60.7 Å². The maximum atomic E-state index is 13.2. The van der Waals surface area contributed by atoms with E-state index in [0.717, 1.165) is 60.8 Å². The van der Waals surface area contributed by atoms with E-state index in [1.165, 1.54) is 0 Å². The van der Waals surface area contributed by atoms with Crippen LogP contribution in [0.25, 0.3) is 22.4 Å². The first-order chi connectivity index (χ1) is 22.4. The molecule has 47 heavy (non-hydrogen) atoms. The minimum absolute atomic E-state index is 0.0961. The lowest BCUT2D eigenvalue weighted by molar-refractivity contribution is -0.138. The van der Waals surface area contributed by atoms with Crippen molar-refractivity contribution >= 4 is 23.7 Å². The van der Waals surface area contributed by atoms with Crippen LogP contribution in [-0.2, 0) is 15.1 Å². The standard InChI is InChI=1S/C37H45N5O5/c1-23(2)42(34(44)27-11-12-27)29-17-9-24(10-18-29)19-32(43)38-31-20-30(25-7-5-4-6-8-25)33(41-40-31)26-13-15-28(16-14-26)37(39-35(45)46)21-36(3,47)22-37/h4-8,13-16,20,23-24,27,29,39,47H,9-12,17-19,21-22H2,1-3H3,(H,45,46)(H,38,40,43). The van der Waals surface area contributed by atoms with Crippen LogP contribution in [0.2, 0.25) is 0 Å². The Morgan fingerprint density at radius 2 is 1.57 bits per heavy atom. The van der Waals surface area contributed by atoms with E-state index in [-0.39, 0.29) is 42.7 Å². The van der Waals surface area contributed by atoms with Gasteiger partial charge in [0.2, 0.25) is 11.8 Å². The quantitative estimate of drug-likeness (QED) is 0.202. The number of carbonyl (C=O) groups excluding carboxylic acids is 2. The minimum atomic E-state index is -1.13. The first-order valence-electron chi connectivity index (χ1n) is 16.8. The Balaban J connectivity index is 1.14. The summed E-state index contributed by atoms with van der Waals surface area (Å²) in [7, 11) is 0. The maximum absolute atomic E-state index is 13.2. The number of amides is 3. The van der Waals surface area contributed by atoms with Crippen molar-refractivity contribution < 1.29 is 24.6 Å². The lowest BCUT2D eigenvalue weighted by Gasteiger charge is -2.51. The molecule has 248 valence electrons. The van der Waals surface area contributed by atoms with Crippen molar-refractivity contribution in [2.45, 2.75) is 102 Å². The molecule has 3 fully saturated rings. The monoisotopic (exact) mass is 639 g/mol. The van der Waals surface area contributed by atoms with Crippen molar-refractivity contribution in [1.29, 1.82) is 0 Å². The number of carboxylic acid groups (broad SMARTS) is 1. The van der Waals surface area contributed by atoms with Gasteiger partial charge in [0.05, 0.1) is 11.1 Å². The van der Waals surface area contributed by atoms with Gasteiger partial charge in [0, 0.05) is 48.4 Å². The molecule has 10 heteroatoms. The molecular formula is C37H45N5O5. The summed E-state index contributed by atoms with van der Waals surface area (Å²) in [5.74, 6) is 1.06. The number of hydrogen-bond donors (Lipinski definition) is 4. The largest absolute Gasteiger partial charge is 0.465 e. The van der Waals surface area contributed by atoms with E-state index >= 15 is 0 Å². The smallest absolute Gasteiger partial charge is 0.405 e. The summed E-state index contributed by atoms with van der Waals surface area (Å²) >= 11 is 0. The van der Waals surface area contributed by atoms with Crippen molar-refractivity contribution in [2.24, 2.45) is 11.8 Å². The molecule has 10 nitrogen and oxygen atoms in total. The topological polar surface area (TPSA) is 145 Å². The Morgan fingerprint density at radius 3 is 2.15 bits per heavy atom. The number of benzene rings is 2. The molecule has 1 heterocycles. The van der Waals surface area contributed by atoms with E-state index in [2.05, 4.69) is 39.6 Å². The summed E-state index contributed by atoms with van der Waals surface area (Å²) in [5.41, 5.74) is 2.15. The molecule has 3 amide bonds. The number of aromatic nitrogens is 2. The summed E-state index contributed by atoms with van der Waals surface area (Å²) < 4.78 is 0. The Morgan fingerprint density at radius 1 is 0.915 bits per heavy atom. The van der Waals surface area contributed by atoms with Crippen LogP contribution in [0.1, 0.15) is 84.1 Å². The minimum Gasteiger partial charge on any atom is -0.465 e. The van der Waals surface area contributed by atoms with E-state index in [1.807, 2.05) is 60.7 Å². The van der Waals surface area contributed by atoms with Crippen molar-refractivity contribution in [3.63, 3.8) is 0 Å². The van der Waals surface area contributed by atoms with Gasteiger partial charge in [-0.2, -0.15) is 0 Å². The van der Waals surface area contributed by atoms with Gasteiger partial charge in [0.1, 0.15) is 5.69 Å². The molecule has 0 spiro atoms. The lowest BCUT2D eigenvalue weighted by Crippen LogP contribution is -2.61. The van der Waals surface area contributed by atoms with Gasteiger partial charge < -0.3 is 25.7 Å². The van der Waals surface area contributed by atoms with E-state index in [0.29, 0.717) is 23.8 Å². The highest BCUT2D eigenvalue weighted by atomic mass is 16.4. The molecule has 0 bridgehead atoms. The molecule has 0 aliphatic heterocycles. The Kier molecular flexibility index (Phi) is 9.07. The fraction of sp³-hybridized carbons (Fsp3) is 0.486. The van der Waals surface area contributed by atoms with Gasteiger partial charge in [0.15, 0.2) is 5.82 Å². The zero-order chi connectivity index (χ0) is 33.3. The number of anilines is 1. The number of hydrogen-bond acceptors (Lipinski definition) is 6. The molecule has 2 aromatic carbocycles. The number of nitrogens with zero attached hydrogens (tertiary/aromatic N) is 3. The fourth-order valence-corrected chi connectivity index (χ4v) is 7.75. The fourth-order valence-electron chi connectivity index (χ4n) is 7.75. The van der Waals surface area contributed by atoms with Gasteiger partial charge in [0.25, 0.3) is 0 Å². The molecule has 4 N–H and O–H groups in total. The summed E-state index contributed by atoms with van der Waals surface area (Å²) in [6, 6.07) is 19.6. The van der Waals surface area contributed by atoms with Crippen molar-refractivity contribution in [3.8, 4) is 22.4 Å². The van der Waals surface area contributed by atoms with Gasteiger partial charge in [-0.25, -0.2) is 4.79 Å². The van der Waals surface area contributed by atoms with Crippen LogP contribution in [-0.4, -0.2) is 60.9 Å². The third kappa shape index (κ3) is 7.32. The molecule has 3 saturated carbocycles. The second kappa shape index (κ2) is 13.1. The third-order valence-corrected chi connectivity index (χ3v) is 9.99. The van der Waals surface area contributed by atoms with Crippen molar-refractivity contribution in [1.82, 2.24) is 20.4 Å². The molecule has 3 aliphatic carbocycles. The molecule has 1 aromatic heterocycles. The van der Waals surface area contributed by atoms with Crippen LogP contribution in [0.3, 0.4) is 0 Å². The maximum Gasteiger partial charge on any atom is 0.405 e. The number of rotatable bonds is 10. The van der Waals surface area contributed by atoms with E-state index in [4.69, 9.17) is 0 Å². The van der Waals surface area contributed by atoms with E-state index in [1.54, 1.807) is 6.92 Å². The number of carbonyl (C=O) groups is 3. The third-order valence-electron chi connectivity index (χ3n) is 9.99. The zero-order valence-corrected chi connectivity index (χ0v) is 27.4. The molecule has 0 unspecified atom stereocenters. The van der Waals surface area contributed by atoms with Crippen LogP contribution in [0.4, 0.5) is 10.6 Å². The average molecular weight is 640 g/mol. The van der Waals surface area contributed by atoms with Crippen molar-refractivity contribution in [2.75, 3.05) is 5.32 Å². The Hall–Kier alpha value is -4.31. The first kappa shape index (κ1) is 32.6. The van der Waals surface area contributed by atoms with Crippen LogP contribution in [0, 0.1) is 11.8 Å². The molecule has 0 radical (unpaired) electrons. The highest BCUT2D eigenvalue weighted by Gasteiger charge is 2.53. The normalized spacial score (nSPS) is 25.5. The van der Waals surface area contributed by atoms with Gasteiger partial charge in [-0.3, -0.25) is 9.59 Å². The van der Waals surface area contributed by atoms with Gasteiger partial charge in [-0.05, 0) is 82.4 Å². The van der Waals surface area contributed by atoms with E-state index < -0.39 is 17.2 Å². The predicted octanol–water partition coefficient (Wildman–Crippen LogP) is 6.35. The summed E-state index contributed by atoms with van der Waals surface area (Å²) in [4.78, 5) is 39.7. The molecular weight excluding hydrogens is 594 g/mol. The number of aliphatic hydroxyl groups is 1. The predicted molar refractivity (Wildman–Crippen MR) is 179 cm³/mol. The van der Waals surface area contributed by atoms with Gasteiger partial charge in [-0.1, -0.05) is 54.6 Å². The molecule has 3 aliphatic rings. The first-order valence-corrected chi connectivity index (χ1v) is 16.8. The molecule has 0 atom stereocenters. The van der Waals surface area contributed by atoms with Crippen LogP contribution < -0.4 is 10.6 Å². The zero-order valence-electron chi connectivity index (χ0n) is 27.4. The molecule has 6 rings (SSSR count). The van der Waals surface area contributed by atoms with Crippen LogP contribution in [0.5, 0.6) is 0 Å². The highest BCUT2D eigenvalue weighted by molar-refractivity contribution is 5.91. The van der Waals surface area contributed by atoms with Crippen LogP contribution >= 0.6 is 0 Å². The summed E-state index contributed by atoms with van der Waals surface area (Å²) in [6.45, 7) is 5.90. The molecule has 0 saturated heterocycles. The van der Waals surface area contributed by atoms with Gasteiger partial charge >= 0.3 is 6.09 Å². The lowest BCUT2D eigenvalue weighted by atomic mass is 9.62. The summed E-state index contributed by atoms with van der Waals surface area (Å²) in [5, 5.41) is 34.4. The molecule has 3 aromatic rings. The van der Waals surface area contributed by atoms with Gasteiger partial charge in [-0.15, -0.1) is 10.2 Å². The second-order valence-corrected chi connectivity index (χ2v) is 14.3. The average Bonchev–Trinajstić information content (AvgIpc) is 3.87. The highest BCUT2D eigenvalue weighted by Crippen LogP contribution is 2.48. The second-order valence-electron chi connectivity index (χ2n) is 14.3. The number of nitrogens with one attached hydrogen (secondary N) is 2. The van der Waals surface area contributed by atoms with Crippen molar-refractivity contribution in [3.05, 3.63) is 66.2 Å². The Labute approximate surface area is 276 Å².